The number of aromatic nitrogens is 2. The van der Waals surface area contributed by atoms with E-state index in [2.05, 4.69) is 25.2 Å². The Morgan fingerprint density at radius 3 is 2.66 bits per heavy atom. The Kier molecular flexibility index (Phi) is 5.54. The number of benzene rings is 2. The van der Waals surface area contributed by atoms with Crippen molar-refractivity contribution in [3.63, 3.8) is 0 Å². The van der Waals surface area contributed by atoms with Gasteiger partial charge < -0.3 is 10.6 Å². The van der Waals surface area contributed by atoms with E-state index in [0.717, 1.165) is 0 Å². The number of hydrogen-bond donors (Lipinski definition) is 2. The van der Waals surface area contributed by atoms with Gasteiger partial charge in [-0.05, 0) is 36.4 Å². The normalized spacial score (nSPS) is 14.2. The van der Waals surface area contributed by atoms with Crippen LogP contribution in [0.25, 0.3) is 0 Å². The zero-order valence-electron chi connectivity index (χ0n) is 14.5. The van der Waals surface area contributed by atoms with Crippen molar-refractivity contribution in [3.8, 4) is 0 Å². The molecule has 148 valence electrons. The lowest BCUT2D eigenvalue weighted by Gasteiger charge is -2.03. The number of amidine groups is 1. The average molecular weight is 466 g/mol. The fraction of sp³-hybridized carbons (Fsp3) is 0.0588. The SMILES string of the molecule is O=C(CSc1nnc(NC2=NS(=O)(=O)c3ccccc32)s1)Nc1ccc(Cl)cc1. The van der Waals surface area contributed by atoms with Gasteiger partial charge in [-0.3, -0.25) is 4.79 Å². The van der Waals surface area contributed by atoms with Gasteiger partial charge in [0, 0.05) is 16.3 Å². The molecule has 1 amide bonds. The van der Waals surface area contributed by atoms with E-state index in [1.54, 1.807) is 42.5 Å². The lowest BCUT2D eigenvalue weighted by atomic mass is 10.2. The van der Waals surface area contributed by atoms with Crippen LogP contribution in [0.15, 0.2) is 62.2 Å². The molecule has 0 atom stereocenters. The molecular weight excluding hydrogens is 454 g/mol. The number of carbonyl (C=O) groups is 1. The minimum Gasteiger partial charge on any atom is -0.325 e. The maximum atomic E-state index is 12.1. The summed E-state index contributed by atoms with van der Waals surface area (Å²) < 4.78 is 28.5. The maximum Gasteiger partial charge on any atom is 0.285 e. The molecule has 0 aliphatic carbocycles. The molecule has 0 saturated heterocycles. The molecule has 2 heterocycles. The minimum atomic E-state index is -3.71. The van der Waals surface area contributed by atoms with Crippen LogP contribution >= 0.6 is 34.7 Å². The molecule has 0 fully saturated rings. The Hall–Kier alpha value is -2.47. The Balaban J connectivity index is 1.37. The van der Waals surface area contributed by atoms with Crippen LogP contribution in [-0.2, 0) is 14.8 Å². The number of thioether (sulfide) groups is 1. The molecule has 0 unspecified atom stereocenters. The lowest BCUT2D eigenvalue weighted by molar-refractivity contribution is -0.113. The number of amides is 1. The van der Waals surface area contributed by atoms with Gasteiger partial charge in [0.05, 0.1) is 5.75 Å². The van der Waals surface area contributed by atoms with Gasteiger partial charge in [0.25, 0.3) is 10.0 Å². The molecule has 1 aliphatic heterocycles. The molecule has 8 nitrogen and oxygen atoms in total. The van der Waals surface area contributed by atoms with Gasteiger partial charge in [-0.25, -0.2) is 0 Å². The predicted octanol–water partition coefficient (Wildman–Crippen LogP) is 3.48. The number of sulfonamides is 1. The van der Waals surface area contributed by atoms with Crippen LogP contribution in [0, 0.1) is 0 Å². The first kappa shape index (κ1) is 19.8. The van der Waals surface area contributed by atoms with E-state index in [-0.39, 0.29) is 22.4 Å². The molecule has 0 spiro atoms. The number of nitrogens with one attached hydrogen (secondary N) is 2. The molecular formula is C17H12ClN5O3S3. The van der Waals surface area contributed by atoms with Gasteiger partial charge in [0.15, 0.2) is 10.2 Å². The highest BCUT2D eigenvalue weighted by atomic mass is 35.5. The van der Waals surface area contributed by atoms with Gasteiger partial charge in [0.1, 0.15) is 4.90 Å². The monoisotopic (exact) mass is 465 g/mol. The topological polar surface area (TPSA) is 113 Å². The second kappa shape index (κ2) is 8.11. The summed E-state index contributed by atoms with van der Waals surface area (Å²) in [6.45, 7) is 0. The van der Waals surface area contributed by atoms with E-state index < -0.39 is 10.0 Å². The van der Waals surface area contributed by atoms with E-state index in [1.165, 1.54) is 29.2 Å². The summed E-state index contributed by atoms with van der Waals surface area (Å²) in [5, 5.41) is 14.6. The third-order valence-electron chi connectivity index (χ3n) is 3.72. The summed E-state index contributed by atoms with van der Waals surface area (Å²) in [7, 11) is -3.71. The fourth-order valence-electron chi connectivity index (χ4n) is 2.47. The van der Waals surface area contributed by atoms with Crippen LogP contribution < -0.4 is 10.6 Å². The van der Waals surface area contributed by atoms with Crippen molar-refractivity contribution in [1.29, 1.82) is 0 Å². The first-order valence-electron chi connectivity index (χ1n) is 8.14. The Morgan fingerprint density at radius 2 is 1.86 bits per heavy atom. The smallest absolute Gasteiger partial charge is 0.285 e. The van der Waals surface area contributed by atoms with Crippen molar-refractivity contribution >= 4 is 67.3 Å². The Bertz CT molecular complexity index is 1210. The van der Waals surface area contributed by atoms with Crippen molar-refractivity contribution in [2.24, 2.45) is 4.40 Å². The van der Waals surface area contributed by atoms with Crippen LogP contribution in [0.3, 0.4) is 0 Å². The van der Waals surface area contributed by atoms with Crippen molar-refractivity contribution < 1.29 is 13.2 Å². The molecule has 4 rings (SSSR count). The van der Waals surface area contributed by atoms with Gasteiger partial charge in [-0.15, -0.1) is 14.6 Å². The summed E-state index contributed by atoms with van der Waals surface area (Å²) in [6, 6.07) is 13.4. The average Bonchev–Trinajstić information content (AvgIpc) is 3.25. The molecule has 0 bridgehead atoms. The molecule has 0 radical (unpaired) electrons. The molecule has 12 heteroatoms. The van der Waals surface area contributed by atoms with Crippen molar-refractivity contribution in [2.75, 3.05) is 16.4 Å². The number of rotatable bonds is 5. The molecule has 3 aromatic rings. The highest BCUT2D eigenvalue weighted by Crippen LogP contribution is 2.29. The third-order valence-corrected chi connectivity index (χ3v) is 7.28. The second-order valence-electron chi connectivity index (χ2n) is 5.75. The number of carbonyl (C=O) groups excluding carboxylic acids is 1. The van der Waals surface area contributed by atoms with Crippen LogP contribution in [-0.4, -0.2) is 36.1 Å². The van der Waals surface area contributed by atoms with Gasteiger partial charge in [-0.1, -0.05) is 46.8 Å². The summed E-state index contributed by atoms with van der Waals surface area (Å²) in [4.78, 5) is 12.2. The van der Waals surface area contributed by atoms with E-state index >= 15 is 0 Å². The highest BCUT2D eigenvalue weighted by Gasteiger charge is 2.29. The van der Waals surface area contributed by atoms with Crippen LogP contribution in [0.2, 0.25) is 5.02 Å². The van der Waals surface area contributed by atoms with Crippen LogP contribution in [0.5, 0.6) is 0 Å². The van der Waals surface area contributed by atoms with Crippen LogP contribution in [0.4, 0.5) is 10.8 Å². The number of halogens is 1. The van der Waals surface area contributed by atoms with Crippen LogP contribution in [0.1, 0.15) is 5.56 Å². The van der Waals surface area contributed by atoms with E-state index in [0.29, 0.717) is 25.7 Å². The van der Waals surface area contributed by atoms with Gasteiger partial charge in [-0.2, -0.15) is 8.42 Å². The number of hydrogen-bond acceptors (Lipinski definition) is 8. The standard InChI is InChI=1S/C17H12ClN5O3S3/c18-10-5-7-11(8-6-10)19-14(24)9-27-17-22-21-16(28-17)20-15-12-3-1-2-4-13(12)29(25,26)23-15/h1-8H,9H2,(H,19,24)(H,20,21,23). The molecule has 2 N–H and O–H groups in total. The molecule has 29 heavy (non-hydrogen) atoms. The highest BCUT2D eigenvalue weighted by molar-refractivity contribution is 8.01. The molecule has 1 aliphatic rings. The number of anilines is 2. The fourth-order valence-corrected chi connectivity index (χ4v) is 5.33. The molecule has 2 aromatic carbocycles. The zero-order valence-corrected chi connectivity index (χ0v) is 17.7. The first-order chi connectivity index (χ1) is 13.9. The largest absolute Gasteiger partial charge is 0.325 e. The quantitative estimate of drug-likeness (QED) is 0.554. The van der Waals surface area contributed by atoms with E-state index in [9.17, 15) is 13.2 Å². The summed E-state index contributed by atoms with van der Waals surface area (Å²) >= 11 is 8.24. The minimum absolute atomic E-state index is 0.148. The van der Waals surface area contributed by atoms with Gasteiger partial charge in [0.2, 0.25) is 11.0 Å². The predicted molar refractivity (Wildman–Crippen MR) is 115 cm³/mol. The van der Waals surface area contributed by atoms with E-state index in [4.69, 9.17) is 11.6 Å². The summed E-state index contributed by atoms with van der Waals surface area (Å²) in [5.74, 6) is 0.158. The lowest BCUT2D eigenvalue weighted by Crippen LogP contribution is -2.13. The third kappa shape index (κ3) is 4.58. The van der Waals surface area contributed by atoms with Gasteiger partial charge >= 0.3 is 0 Å². The molecule has 0 saturated carbocycles. The summed E-state index contributed by atoms with van der Waals surface area (Å²) in [6.07, 6.45) is 0. The second-order valence-corrected chi connectivity index (χ2v) is 9.96. The van der Waals surface area contributed by atoms with E-state index in [1.807, 2.05) is 0 Å². The zero-order chi connectivity index (χ0) is 20.4. The summed E-state index contributed by atoms with van der Waals surface area (Å²) in [5.41, 5.74) is 1.14. The van der Waals surface area contributed by atoms with Crippen molar-refractivity contribution in [1.82, 2.24) is 10.2 Å². The number of fused-ring (bicyclic) bond motifs is 1. The first-order valence-corrected chi connectivity index (χ1v) is 11.8. The Labute approximate surface area is 179 Å². The van der Waals surface area contributed by atoms with Crippen molar-refractivity contribution in [2.45, 2.75) is 9.24 Å². The Morgan fingerprint density at radius 1 is 1.10 bits per heavy atom. The maximum absolute atomic E-state index is 12.1. The number of nitrogens with zero attached hydrogens (tertiary/aromatic N) is 3. The molecule has 1 aromatic heterocycles. The van der Waals surface area contributed by atoms with Crippen molar-refractivity contribution in [3.05, 3.63) is 59.1 Å².